The van der Waals surface area contributed by atoms with Gasteiger partial charge in [-0.1, -0.05) is 35.3 Å². The Morgan fingerprint density at radius 2 is 2.50 bits per heavy atom. The quantitative estimate of drug-likeness (QED) is 0.495. The first-order chi connectivity index (χ1) is 8.74. The second kappa shape index (κ2) is 6.89. The Morgan fingerprint density at radius 3 is 3.17 bits per heavy atom. The predicted octanol–water partition coefficient (Wildman–Crippen LogP) is 2.41. The van der Waals surface area contributed by atoms with Gasteiger partial charge in [-0.25, -0.2) is 0 Å². The fraction of sp³-hybridized carbons (Fsp3) is 0.583. The number of aromatic nitrogens is 2. The van der Waals surface area contributed by atoms with Crippen molar-refractivity contribution < 1.29 is 4.79 Å². The average Bonchev–Trinajstić information content (AvgIpc) is 2.96. The summed E-state index contributed by atoms with van der Waals surface area (Å²) in [6.45, 7) is 2.64. The van der Waals surface area contributed by atoms with Crippen molar-refractivity contribution in [1.82, 2.24) is 15.5 Å². The normalized spacial score (nSPS) is 18.2. The number of aryl methyl sites for hydroxylation is 1. The lowest BCUT2D eigenvalue weighted by molar-refractivity contribution is -0.121. The number of thioether (sulfide) groups is 1. The predicted molar refractivity (Wildman–Crippen MR) is 74.9 cm³/mol. The number of hydrogen-bond donors (Lipinski definition) is 1. The Kier molecular flexibility index (Phi) is 5.19. The molecule has 1 heterocycles. The number of allylic oxidation sites excluding steroid dienone is 2. The lowest BCUT2D eigenvalue weighted by atomic mass is 10.1. The highest BCUT2D eigenvalue weighted by atomic mass is 32.2. The van der Waals surface area contributed by atoms with Gasteiger partial charge in [-0.15, -0.1) is 10.2 Å². The molecule has 18 heavy (non-hydrogen) atoms. The van der Waals surface area contributed by atoms with Gasteiger partial charge in [-0.3, -0.25) is 4.79 Å². The monoisotopic (exact) mass is 283 g/mol. The van der Waals surface area contributed by atoms with E-state index in [9.17, 15) is 4.79 Å². The molecule has 4 nitrogen and oxygen atoms in total. The molecule has 0 saturated carbocycles. The minimum atomic E-state index is 0.153. The van der Waals surface area contributed by atoms with E-state index < -0.39 is 0 Å². The zero-order chi connectivity index (χ0) is 12.8. The van der Waals surface area contributed by atoms with Crippen LogP contribution in [0.15, 0.2) is 16.5 Å². The molecule has 0 radical (unpaired) electrons. The van der Waals surface area contributed by atoms with E-state index in [2.05, 4.69) is 27.7 Å². The van der Waals surface area contributed by atoms with Gasteiger partial charge in [0.2, 0.25) is 5.91 Å². The van der Waals surface area contributed by atoms with Crippen LogP contribution in [0.3, 0.4) is 0 Å². The van der Waals surface area contributed by atoms with Crippen LogP contribution in [0.25, 0.3) is 0 Å². The average molecular weight is 283 g/mol. The second-order valence-corrected chi connectivity index (χ2v) is 6.78. The van der Waals surface area contributed by atoms with Crippen LogP contribution >= 0.6 is 23.1 Å². The number of amides is 1. The van der Waals surface area contributed by atoms with E-state index in [0.29, 0.717) is 18.9 Å². The van der Waals surface area contributed by atoms with Crippen molar-refractivity contribution in [2.75, 3.05) is 12.3 Å². The van der Waals surface area contributed by atoms with Crippen molar-refractivity contribution in [1.29, 1.82) is 0 Å². The van der Waals surface area contributed by atoms with Crippen LogP contribution in [0.4, 0.5) is 0 Å². The van der Waals surface area contributed by atoms with Gasteiger partial charge in [-0.2, -0.15) is 0 Å². The first-order valence-electron chi connectivity index (χ1n) is 6.10. The standard InChI is InChI=1S/C12H17N3OS2/c1-9-14-15-12(18-9)17-7-6-13-11(16)8-10-4-2-3-5-10/h2,4,10H,3,5-8H2,1H3,(H,13,16). The topological polar surface area (TPSA) is 54.9 Å². The highest BCUT2D eigenvalue weighted by Gasteiger charge is 2.13. The maximum atomic E-state index is 11.6. The molecular formula is C12H17N3OS2. The molecule has 1 atom stereocenters. The number of nitrogens with one attached hydrogen (secondary N) is 1. The molecule has 2 rings (SSSR count). The van der Waals surface area contributed by atoms with Crippen LogP contribution in [0, 0.1) is 12.8 Å². The van der Waals surface area contributed by atoms with E-state index in [0.717, 1.165) is 27.9 Å². The number of rotatable bonds is 6. The first kappa shape index (κ1) is 13.5. The van der Waals surface area contributed by atoms with Gasteiger partial charge < -0.3 is 5.32 Å². The lowest BCUT2D eigenvalue weighted by Crippen LogP contribution is -2.27. The minimum absolute atomic E-state index is 0.153. The van der Waals surface area contributed by atoms with E-state index in [1.807, 2.05) is 6.92 Å². The van der Waals surface area contributed by atoms with Crippen molar-refractivity contribution in [2.24, 2.45) is 5.92 Å². The van der Waals surface area contributed by atoms with E-state index in [1.165, 1.54) is 0 Å². The summed E-state index contributed by atoms with van der Waals surface area (Å²) in [7, 11) is 0. The van der Waals surface area contributed by atoms with Crippen molar-refractivity contribution in [3.05, 3.63) is 17.2 Å². The molecular weight excluding hydrogens is 266 g/mol. The van der Waals surface area contributed by atoms with Crippen LogP contribution in [-0.2, 0) is 4.79 Å². The third kappa shape index (κ3) is 4.42. The number of carbonyl (C=O) groups is 1. The molecule has 0 aromatic carbocycles. The summed E-state index contributed by atoms with van der Waals surface area (Å²) in [4.78, 5) is 11.6. The van der Waals surface area contributed by atoms with E-state index in [-0.39, 0.29) is 5.91 Å². The van der Waals surface area contributed by atoms with E-state index in [1.54, 1.807) is 23.1 Å². The molecule has 98 valence electrons. The van der Waals surface area contributed by atoms with Crippen molar-refractivity contribution in [2.45, 2.75) is 30.5 Å². The van der Waals surface area contributed by atoms with Gasteiger partial charge in [0.05, 0.1) is 0 Å². The molecule has 1 N–H and O–H groups in total. The third-order valence-corrected chi connectivity index (χ3v) is 4.69. The minimum Gasteiger partial charge on any atom is -0.355 e. The van der Waals surface area contributed by atoms with Crippen molar-refractivity contribution >= 4 is 29.0 Å². The van der Waals surface area contributed by atoms with Gasteiger partial charge in [0.25, 0.3) is 0 Å². The van der Waals surface area contributed by atoms with Gasteiger partial charge in [0, 0.05) is 18.7 Å². The summed E-state index contributed by atoms with van der Waals surface area (Å²) in [5.74, 6) is 1.45. The zero-order valence-corrected chi connectivity index (χ0v) is 12.0. The Bertz CT molecular complexity index is 431. The molecule has 6 heteroatoms. The van der Waals surface area contributed by atoms with Gasteiger partial charge in [0.1, 0.15) is 5.01 Å². The molecule has 1 aliphatic carbocycles. The maximum Gasteiger partial charge on any atom is 0.220 e. The molecule has 0 bridgehead atoms. The lowest BCUT2D eigenvalue weighted by Gasteiger charge is -2.07. The number of nitrogens with zero attached hydrogens (tertiary/aromatic N) is 2. The molecule has 0 spiro atoms. The Morgan fingerprint density at radius 1 is 1.61 bits per heavy atom. The smallest absolute Gasteiger partial charge is 0.220 e. The van der Waals surface area contributed by atoms with Crippen LogP contribution < -0.4 is 5.32 Å². The summed E-state index contributed by atoms with van der Waals surface area (Å²) in [6, 6.07) is 0. The van der Waals surface area contributed by atoms with E-state index >= 15 is 0 Å². The van der Waals surface area contributed by atoms with Crippen LogP contribution in [0.5, 0.6) is 0 Å². The highest BCUT2D eigenvalue weighted by Crippen LogP contribution is 2.21. The largest absolute Gasteiger partial charge is 0.355 e. The molecule has 1 aliphatic rings. The fourth-order valence-corrected chi connectivity index (χ4v) is 3.58. The summed E-state index contributed by atoms with van der Waals surface area (Å²) >= 11 is 3.23. The van der Waals surface area contributed by atoms with Crippen LogP contribution in [0.1, 0.15) is 24.3 Å². The Hall–Kier alpha value is -0.880. The van der Waals surface area contributed by atoms with Crippen molar-refractivity contribution in [3.8, 4) is 0 Å². The van der Waals surface area contributed by atoms with E-state index in [4.69, 9.17) is 0 Å². The molecule has 1 amide bonds. The first-order valence-corrected chi connectivity index (χ1v) is 7.90. The molecule has 1 aromatic heterocycles. The summed E-state index contributed by atoms with van der Waals surface area (Å²) < 4.78 is 0.973. The summed E-state index contributed by atoms with van der Waals surface area (Å²) in [6.07, 6.45) is 7.17. The highest BCUT2D eigenvalue weighted by molar-refractivity contribution is 8.01. The Balaban J connectivity index is 1.57. The molecule has 1 aromatic rings. The van der Waals surface area contributed by atoms with Crippen molar-refractivity contribution in [3.63, 3.8) is 0 Å². The SMILES string of the molecule is Cc1nnc(SCCNC(=O)CC2C=CCC2)s1. The number of hydrogen-bond acceptors (Lipinski definition) is 5. The maximum absolute atomic E-state index is 11.6. The van der Waals surface area contributed by atoms with Gasteiger partial charge in [0.15, 0.2) is 4.34 Å². The molecule has 0 fully saturated rings. The molecule has 0 aliphatic heterocycles. The van der Waals surface area contributed by atoms with Gasteiger partial charge in [-0.05, 0) is 25.7 Å². The molecule has 1 unspecified atom stereocenters. The van der Waals surface area contributed by atoms with Crippen LogP contribution in [-0.4, -0.2) is 28.4 Å². The third-order valence-electron chi connectivity index (χ3n) is 2.72. The van der Waals surface area contributed by atoms with Crippen LogP contribution in [0.2, 0.25) is 0 Å². The molecule has 0 saturated heterocycles. The summed E-state index contributed by atoms with van der Waals surface area (Å²) in [5.41, 5.74) is 0. The number of carbonyl (C=O) groups excluding carboxylic acids is 1. The fourth-order valence-electron chi connectivity index (χ4n) is 1.84. The summed E-state index contributed by atoms with van der Waals surface area (Å²) in [5, 5.41) is 11.9. The van der Waals surface area contributed by atoms with Gasteiger partial charge >= 0.3 is 0 Å². The zero-order valence-electron chi connectivity index (χ0n) is 10.4. The second-order valence-electron chi connectivity index (χ2n) is 4.26. The Labute approximate surface area is 115 Å².